The molecule has 19 heavy (non-hydrogen) atoms. The lowest BCUT2D eigenvalue weighted by atomic mass is 9.75. The normalized spacial score (nSPS) is 28.1. The van der Waals surface area contributed by atoms with E-state index in [-0.39, 0.29) is 23.2 Å². The van der Waals surface area contributed by atoms with Crippen molar-refractivity contribution in [2.75, 3.05) is 13.2 Å². The molecule has 1 aliphatic carbocycles. The van der Waals surface area contributed by atoms with Crippen LogP contribution in [0.1, 0.15) is 31.2 Å². The Morgan fingerprint density at radius 3 is 2.47 bits per heavy atom. The topological polar surface area (TPSA) is 38.3 Å². The lowest BCUT2D eigenvalue weighted by Crippen LogP contribution is -2.56. The van der Waals surface area contributed by atoms with Crippen molar-refractivity contribution < 1.29 is 13.9 Å². The number of rotatable bonds is 3. The Kier molecular flexibility index (Phi) is 3.05. The van der Waals surface area contributed by atoms with Crippen LogP contribution in [0.3, 0.4) is 0 Å². The molecule has 1 saturated heterocycles. The zero-order chi connectivity index (χ0) is 13.5. The third kappa shape index (κ3) is 2.37. The maximum Gasteiger partial charge on any atom is 0.230 e. The number of halogens is 1. The molecule has 1 amide bonds. The van der Waals surface area contributed by atoms with Crippen molar-refractivity contribution in [2.45, 2.75) is 31.7 Å². The minimum atomic E-state index is -0.332. The number of nitrogens with one attached hydrogen (secondary N) is 1. The molecule has 1 saturated carbocycles. The van der Waals surface area contributed by atoms with E-state index in [0.29, 0.717) is 19.1 Å². The number of ether oxygens (including phenoxy) is 1. The molecule has 0 aromatic heterocycles. The second-order valence-electron chi connectivity index (χ2n) is 5.94. The van der Waals surface area contributed by atoms with E-state index >= 15 is 0 Å². The van der Waals surface area contributed by atoms with Gasteiger partial charge in [-0.2, -0.15) is 0 Å². The Morgan fingerprint density at radius 1 is 1.32 bits per heavy atom. The number of carbonyl (C=O) groups excluding carboxylic acids is 1. The molecule has 0 unspecified atom stereocenters. The summed E-state index contributed by atoms with van der Waals surface area (Å²) in [4.78, 5) is 12.0. The molecular formula is C15H18FNO2. The van der Waals surface area contributed by atoms with Gasteiger partial charge in [-0.15, -0.1) is 0 Å². The first kappa shape index (κ1) is 12.6. The van der Waals surface area contributed by atoms with Crippen LogP contribution in [0, 0.1) is 11.2 Å². The van der Waals surface area contributed by atoms with E-state index in [1.165, 1.54) is 12.1 Å². The highest BCUT2D eigenvalue weighted by atomic mass is 19.1. The van der Waals surface area contributed by atoms with Gasteiger partial charge in [0.15, 0.2) is 0 Å². The minimum Gasteiger partial charge on any atom is -0.379 e. The van der Waals surface area contributed by atoms with E-state index < -0.39 is 0 Å². The lowest BCUT2D eigenvalue weighted by molar-refractivity contribution is -0.159. The highest BCUT2D eigenvalue weighted by Crippen LogP contribution is 2.37. The predicted octanol–water partition coefficient (Wildman–Crippen LogP) is 2.22. The smallest absolute Gasteiger partial charge is 0.230 e. The minimum absolute atomic E-state index is 0.0984. The van der Waals surface area contributed by atoms with Crippen molar-refractivity contribution in [3.05, 3.63) is 35.6 Å². The molecule has 4 heteroatoms. The van der Waals surface area contributed by atoms with Crippen LogP contribution < -0.4 is 5.32 Å². The first-order chi connectivity index (χ1) is 9.07. The van der Waals surface area contributed by atoms with Crippen LogP contribution >= 0.6 is 0 Å². The number of hydrogen-bond donors (Lipinski definition) is 1. The van der Waals surface area contributed by atoms with Gasteiger partial charge in [-0.25, -0.2) is 4.39 Å². The second kappa shape index (κ2) is 4.60. The molecule has 2 fully saturated rings. The second-order valence-corrected chi connectivity index (χ2v) is 5.94. The van der Waals surface area contributed by atoms with Crippen molar-refractivity contribution in [2.24, 2.45) is 5.41 Å². The van der Waals surface area contributed by atoms with E-state index in [1.807, 2.05) is 19.1 Å². The third-order valence-corrected chi connectivity index (χ3v) is 4.20. The highest BCUT2D eigenvalue weighted by molar-refractivity contribution is 5.83. The van der Waals surface area contributed by atoms with Gasteiger partial charge < -0.3 is 10.1 Å². The van der Waals surface area contributed by atoms with Gasteiger partial charge in [0.2, 0.25) is 5.91 Å². The third-order valence-electron chi connectivity index (χ3n) is 4.20. The zero-order valence-corrected chi connectivity index (χ0v) is 11.0. The maximum absolute atomic E-state index is 12.8. The van der Waals surface area contributed by atoms with Crippen LogP contribution in [0.25, 0.3) is 0 Å². The summed E-state index contributed by atoms with van der Waals surface area (Å²) in [6.07, 6.45) is 1.88. The van der Waals surface area contributed by atoms with Crippen LogP contribution in [-0.2, 0) is 9.53 Å². The predicted molar refractivity (Wildman–Crippen MR) is 69.2 cm³/mol. The fourth-order valence-corrected chi connectivity index (χ4v) is 2.64. The quantitative estimate of drug-likeness (QED) is 0.908. The summed E-state index contributed by atoms with van der Waals surface area (Å²) in [6, 6.07) is 6.90. The Hall–Kier alpha value is -1.42. The van der Waals surface area contributed by atoms with Crippen LogP contribution in [-0.4, -0.2) is 25.2 Å². The molecule has 0 bridgehead atoms. The summed E-state index contributed by atoms with van der Waals surface area (Å²) in [6.45, 7) is 2.97. The average Bonchev–Trinajstić information content (AvgIpc) is 2.31. The van der Waals surface area contributed by atoms with Crippen LogP contribution in [0.2, 0.25) is 0 Å². The fourth-order valence-electron chi connectivity index (χ4n) is 2.64. The van der Waals surface area contributed by atoms with E-state index in [9.17, 15) is 9.18 Å². The summed E-state index contributed by atoms with van der Waals surface area (Å²) in [5.41, 5.74) is 0.825. The van der Waals surface area contributed by atoms with Crippen LogP contribution in [0.4, 0.5) is 4.39 Å². The Morgan fingerprint density at radius 2 is 1.95 bits per heavy atom. The van der Waals surface area contributed by atoms with Crippen LogP contribution in [0.5, 0.6) is 0 Å². The van der Waals surface area contributed by atoms with E-state index in [0.717, 1.165) is 18.4 Å². The Labute approximate surface area is 112 Å². The van der Waals surface area contributed by atoms with Gasteiger partial charge in [0, 0.05) is 6.04 Å². The summed E-state index contributed by atoms with van der Waals surface area (Å²) < 4.78 is 17.9. The summed E-state index contributed by atoms with van der Waals surface area (Å²) in [5.74, 6) is 0.337. The van der Waals surface area contributed by atoms with Crippen molar-refractivity contribution in [3.8, 4) is 0 Å². The first-order valence-electron chi connectivity index (χ1n) is 6.71. The maximum atomic E-state index is 12.8. The molecule has 102 valence electrons. The Balaban J connectivity index is 1.50. The SMILES string of the molecule is CC1(C(=O)NC2CC(c3ccc(F)cc3)C2)COC1. The number of hydrogen-bond acceptors (Lipinski definition) is 2. The molecule has 0 spiro atoms. The Bertz CT molecular complexity index is 475. The molecular weight excluding hydrogens is 245 g/mol. The number of amides is 1. The summed E-state index contributed by atoms with van der Waals surface area (Å²) in [5, 5.41) is 3.08. The first-order valence-corrected chi connectivity index (χ1v) is 6.71. The van der Waals surface area contributed by atoms with Gasteiger partial charge in [-0.1, -0.05) is 12.1 Å². The molecule has 1 aromatic rings. The average molecular weight is 263 g/mol. The molecule has 3 rings (SSSR count). The summed E-state index contributed by atoms with van der Waals surface area (Å²) in [7, 11) is 0. The van der Waals surface area contributed by atoms with Gasteiger partial charge in [0.05, 0.1) is 18.6 Å². The molecule has 2 aliphatic rings. The van der Waals surface area contributed by atoms with Crippen molar-refractivity contribution >= 4 is 5.91 Å². The van der Waals surface area contributed by atoms with E-state index in [2.05, 4.69) is 5.32 Å². The van der Waals surface area contributed by atoms with Crippen molar-refractivity contribution in [3.63, 3.8) is 0 Å². The van der Waals surface area contributed by atoms with Crippen LogP contribution in [0.15, 0.2) is 24.3 Å². The van der Waals surface area contributed by atoms with Crippen molar-refractivity contribution in [1.29, 1.82) is 0 Å². The fraction of sp³-hybridized carbons (Fsp3) is 0.533. The number of benzene rings is 1. The van der Waals surface area contributed by atoms with Crippen molar-refractivity contribution in [1.82, 2.24) is 5.32 Å². The zero-order valence-electron chi connectivity index (χ0n) is 11.0. The molecule has 1 N–H and O–H groups in total. The molecule has 0 radical (unpaired) electrons. The summed E-state index contributed by atoms with van der Waals surface area (Å²) >= 11 is 0. The molecule has 1 aliphatic heterocycles. The number of carbonyl (C=O) groups is 1. The molecule has 1 aromatic carbocycles. The molecule has 3 nitrogen and oxygen atoms in total. The van der Waals surface area contributed by atoms with Gasteiger partial charge >= 0.3 is 0 Å². The highest BCUT2D eigenvalue weighted by Gasteiger charge is 2.43. The van der Waals surface area contributed by atoms with Gasteiger partial charge in [-0.05, 0) is 43.4 Å². The van der Waals surface area contributed by atoms with Gasteiger partial charge in [0.1, 0.15) is 5.82 Å². The molecule has 1 heterocycles. The molecule has 0 atom stereocenters. The monoisotopic (exact) mass is 263 g/mol. The van der Waals surface area contributed by atoms with Gasteiger partial charge in [0.25, 0.3) is 0 Å². The standard InChI is InChI=1S/C15H18FNO2/c1-15(8-19-9-15)14(18)17-13-6-11(7-13)10-2-4-12(16)5-3-10/h2-5,11,13H,6-9H2,1H3,(H,17,18). The lowest BCUT2D eigenvalue weighted by Gasteiger charge is -2.41. The van der Waals surface area contributed by atoms with E-state index in [4.69, 9.17) is 4.74 Å². The largest absolute Gasteiger partial charge is 0.379 e. The van der Waals surface area contributed by atoms with Gasteiger partial charge in [-0.3, -0.25) is 4.79 Å². The van der Waals surface area contributed by atoms with E-state index in [1.54, 1.807) is 0 Å².